The van der Waals surface area contributed by atoms with Gasteiger partial charge in [-0.15, -0.1) is 0 Å². The molecule has 0 bridgehead atoms. The summed E-state index contributed by atoms with van der Waals surface area (Å²) in [6, 6.07) is 14.0. The molecular formula is C20H20BrN3O2S. The Bertz CT molecular complexity index is 861. The van der Waals surface area contributed by atoms with Gasteiger partial charge in [-0.3, -0.25) is 10.1 Å². The van der Waals surface area contributed by atoms with Gasteiger partial charge >= 0.3 is 0 Å². The van der Waals surface area contributed by atoms with Crippen molar-refractivity contribution in [3.8, 4) is 11.8 Å². The van der Waals surface area contributed by atoms with Gasteiger partial charge < -0.3 is 10.1 Å². The molecule has 0 spiro atoms. The van der Waals surface area contributed by atoms with Crippen LogP contribution in [0.15, 0.2) is 46.9 Å². The number of amides is 1. The SMILES string of the molecule is CC(C)CCOc1ccc(C(=O)NC(=S)Nc2ccc(C#N)cc2)cc1Br. The molecule has 0 saturated heterocycles. The Morgan fingerprint density at radius 2 is 1.96 bits per heavy atom. The molecule has 0 unspecified atom stereocenters. The molecule has 2 rings (SSSR count). The zero-order chi connectivity index (χ0) is 19.8. The lowest BCUT2D eigenvalue weighted by molar-refractivity contribution is 0.0977. The Balaban J connectivity index is 1.93. The number of ether oxygens (including phenoxy) is 1. The molecule has 7 heteroatoms. The average molecular weight is 446 g/mol. The molecule has 0 fully saturated rings. The molecule has 140 valence electrons. The number of halogens is 1. The number of rotatable bonds is 6. The standard InChI is InChI=1S/C20H20BrN3O2S/c1-13(2)9-10-26-18-8-5-15(11-17(18)21)19(25)24-20(27)23-16-6-3-14(12-22)4-7-16/h3-8,11,13H,9-10H2,1-2H3,(H2,23,24,25,27). The van der Waals surface area contributed by atoms with Gasteiger partial charge in [0.15, 0.2) is 5.11 Å². The summed E-state index contributed by atoms with van der Waals surface area (Å²) in [5, 5.41) is 14.5. The number of hydrogen-bond donors (Lipinski definition) is 2. The number of carbonyl (C=O) groups is 1. The molecule has 1 amide bonds. The lowest BCUT2D eigenvalue weighted by Gasteiger charge is -2.12. The van der Waals surface area contributed by atoms with Crippen molar-refractivity contribution in [1.82, 2.24) is 5.32 Å². The smallest absolute Gasteiger partial charge is 0.257 e. The number of anilines is 1. The first-order valence-electron chi connectivity index (χ1n) is 8.44. The number of carbonyl (C=O) groups excluding carboxylic acids is 1. The number of hydrogen-bond acceptors (Lipinski definition) is 4. The van der Waals surface area contributed by atoms with Crippen molar-refractivity contribution in [2.24, 2.45) is 5.92 Å². The maximum Gasteiger partial charge on any atom is 0.257 e. The third-order valence-electron chi connectivity index (χ3n) is 3.65. The number of nitrogens with zero attached hydrogens (tertiary/aromatic N) is 1. The van der Waals surface area contributed by atoms with E-state index in [1.54, 1.807) is 42.5 Å². The highest BCUT2D eigenvalue weighted by atomic mass is 79.9. The minimum atomic E-state index is -0.324. The highest BCUT2D eigenvalue weighted by Crippen LogP contribution is 2.26. The van der Waals surface area contributed by atoms with Crippen molar-refractivity contribution < 1.29 is 9.53 Å². The van der Waals surface area contributed by atoms with Crippen LogP contribution in [0.4, 0.5) is 5.69 Å². The second-order valence-corrected chi connectivity index (χ2v) is 7.54. The molecule has 2 aromatic rings. The maximum absolute atomic E-state index is 12.4. The highest BCUT2D eigenvalue weighted by Gasteiger charge is 2.11. The quantitative estimate of drug-likeness (QED) is 0.620. The van der Waals surface area contributed by atoms with E-state index in [4.69, 9.17) is 22.2 Å². The molecule has 2 N–H and O–H groups in total. The molecular weight excluding hydrogens is 426 g/mol. The first-order valence-corrected chi connectivity index (χ1v) is 9.64. The van der Waals surface area contributed by atoms with E-state index in [1.807, 2.05) is 6.07 Å². The third-order valence-corrected chi connectivity index (χ3v) is 4.47. The van der Waals surface area contributed by atoms with Gasteiger partial charge in [-0.1, -0.05) is 13.8 Å². The van der Waals surface area contributed by atoms with Crippen LogP contribution in [-0.4, -0.2) is 17.6 Å². The second kappa shape index (κ2) is 10.0. The second-order valence-electron chi connectivity index (χ2n) is 6.27. The summed E-state index contributed by atoms with van der Waals surface area (Å²) in [6.45, 7) is 4.90. The molecule has 0 heterocycles. The number of benzene rings is 2. The number of thiocarbonyl (C=S) groups is 1. The van der Waals surface area contributed by atoms with Gasteiger partial charge in [0, 0.05) is 11.3 Å². The minimum Gasteiger partial charge on any atom is -0.492 e. The summed E-state index contributed by atoms with van der Waals surface area (Å²) in [6.07, 6.45) is 0.962. The average Bonchev–Trinajstić information content (AvgIpc) is 2.63. The van der Waals surface area contributed by atoms with Crippen molar-refractivity contribution in [3.05, 3.63) is 58.1 Å². The third kappa shape index (κ3) is 6.66. The zero-order valence-corrected chi connectivity index (χ0v) is 17.5. The monoisotopic (exact) mass is 445 g/mol. The van der Waals surface area contributed by atoms with E-state index in [2.05, 4.69) is 40.4 Å². The number of nitriles is 1. The molecule has 0 radical (unpaired) electrons. The van der Waals surface area contributed by atoms with E-state index < -0.39 is 0 Å². The zero-order valence-electron chi connectivity index (χ0n) is 15.1. The molecule has 0 saturated carbocycles. The molecule has 0 aliphatic heterocycles. The largest absolute Gasteiger partial charge is 0.492 e. The van der Waals surface area contributed by atoms with Crippen molar-refractivity contribution >= 4 is 44.9 Å². The minimum absolute atomic E-state index is 0.179. The molecule has 5 nitrogen and oxygen atoms in total. The van der Waals surface area contributed by atoms with Crippen LogP contribution in [0.5, 0.6) is 5.75 Å². The van der Waals surface area contributed by atoms with E-state index >= 15 is 0 Å². The van der Waals surface area contributed by atoms with E-state index in [1.165, 1.54) is 0 Å². The van der Waals surface area contributed by atoms with E-state index in [0.29, 0.717) is 39.6 Å². The summed E-state index contributed by atoms with van der Waals surface area (Å²) in [7, 11) is 0. The predicted octanol–water partition coefficient (Wildman–Crippen LogP) is 4.87. The first kappa shape index (κ1) is 20.9. The van der Waals surface area contributed by atoms with Crippen LogP contribution >= 0.6 is 28.1 Å². The molecule has 0 aromatic heterocycles. The molecule has 0 aliphatic carbocycles. The summed E-state index contributed by atoms with van der Waals surface area (Å²) < 4.78 is 6.43. The summed E-state index contributed by atoms with van der Waals surface area (Å²) in [5.74, 6) is 0.944. The Morgan fingerprint density at radius 3 is 2.56 bits per heavy atom. The predicted molar refractivity (Wildman–Crippen MR) is 114 cm³/mol. The van der Waals surface area contributed by atoms with Crippen molar-refractivity contribution in [2.75, 3.05) is 11.9 Å². The summed E-state index contributed by atoms with van der Waals surface area (Å²) in [4.78, 5) is 12.4. The summed E-state index contributed by atoms with van der Waals surface area (Å²) in [5.41, 5.74) is 1.70. The van der Waals surface area contributed by atoms with E-state index in [-0.39, 0.29) is 11.0 Å². The van der Waals surface area contributed by atoms with Gasteiger partial charge in [0.2, 0.25) is 0 Å². The Hall–Kier alpha value is -2.43. The van der Waals surface area contributed by atoms with E-state index in [0.717, 1.165) is 6.42 Å². The van der Waals surface area contributed by atoms with Crippen molar-refractivity contribution in [3.63, 3.8) is 0 Å². The van der Waals surface area contributed by atoms with E-state index in [9.17, 15) is 4.79 Å². The fraction of sp³-hybridized carbons (Fsp3) is 0.250. The highest BCUT2D eigenvalue weighted by molar-refractivity contribution is 9.10. The fourth-order valence-corrected chi connectivity index (χ4v) is 2.83. The lowest BCUT2D eigenvalue weighted by atomic mass is 10.1. The van der Waals surface area contributed by atoms with Crippen LogP contribution in [-0.2, 0) is 0 Å². The van der Waals surface area contributed by atoms with Crippen molar-refractivity contribution in [2.45, 2.75) is 20.3 Å². The van der Waals surface area contributed by atoms with Crippen LogP contribution in [0.1, 0.15) is 36.2 Å². The van der Waals surface area contributed by atoms with Gasteiger partial charge in [0.25, 0.3) is 5.91 Å². The van der Waals surface area contributed by atoms with Crippen LogP contribution in [0, 0.1) is 17.2 Å². The van der Waals surface area contributed by atoms with Crippen LogP contribution in [0.2, 0.25) is 0 Å². The van der Waals surface area contributed by atoms with Crippen molar-refractivity contribution in [1.29, 1.82) is 5.26 Å². The fourth-order valence-electron chi connectivity index (χ4n) is 2.13. The molecule has 27 heavy (non-hydrogen) atoms. The Kier molecular flexibility index (Phi) is 7.77. The molecule has 0 atom stereocenters. The van der Waals surface area contributed by atoms with Gasteiger partial charge in [0.1, 0.15) is 5.75 Å². The number of nitrogens with one attached hydrogen (secondary N) is 2. The molecule has 2 aromatic carbocycles. The van der Waals surface area contributed by atoms with Gasteiger partial charge in [-0.25, -0.2) is 0 Å². The van der Waals surface area contributed by atoms with Crippen LogP contribution < -0.4 is 15.4 Å². The lowest BCUT2D eigenvalue weighted by Crippen LogP contribution is -2.34. The van der Waals surface area contributed by atoms with Crippen LogP contribution in [0.25, 0.3) is 0 Å². The first-order chi connectivity index (χ1) is 12.9. The van der Waals surface area contributed by atoms with Gasteiger partial charge in [0.05, 0.1) is 22.7 Å². The molecule has 0 aliphatic rings. The van der Waals surface area contributed by atoms with Gasteiger partial charge in [-0.2, -0.15) is 5.26 Å². The Labute approximate surface area is 172 Å². The van der Waals surface area contributed by atoms with Gasteiger partial charge in [-0.05, 0) is 83.0 Å². The van der Waals surface area contributed by atoms with Crippen LogP contribution in [0.3, 0.4) is 0 Å². The normalized spacial score (nSPS) is 10.2. The Morgan fingerprint density at radius 1 is 1.26 bits per heavy atom. The maximum atomic E-state index is 12.4. The summed E-state index contributed by atoms with van der Waals surface area (Å²) >= 11 is 8.61. The topological polar surface area (TPSA) is 74.2 Å².